The van der Waals surface area contributed by atoms with Crippen LogP contribution < -0.4 is 20.7 Å². The number of aryl methyl sites for hydroxylation is 3. The third-order valence-corrected chi connectivity index (χ3v) is 15.7. The number of halogens is 1. The summed E-state index contributed by atoms with van der Waals surface area (Å²) in [5, 5.41) is 1.01. The molecule has 1 nitrogen and oxygen atoms in total. The molecule has 0 atom stereocenters. The number of hydrogen-bond donors (Lipinski definition) is 0. The van der Waals surface area contributed by atoms with E-state index in [1.165, 1.54) is 38.2 Å². The molecule has 0 amide bonds. The topological polar surface area (TPSA) is 9.23 Å². The summed E-state index contributed by atoms with van der Waals surface area (Å²) >= 11 is 4.59. The van der Waals surface area contributed by atoms with Crippen molar-refractivity contribution in [2.75, 3.05) is 7.11 Å². The molecule has 32 heavy (non-hydrogen) atoms. The summed E-state index contributed by atoms with van der Waals surface area (Å²) in [6, 6.07) is 35.6. The van der Waals surface area contributed by atoms with Crippen molar-refractivity contribution in [3.05, 3.63) is 119 Å². The average molecular weight is 505 g/mol. The number of hydrogen-bond acceptors (Lipinski definition) is 1. The van der Waals surface area contributed by atoms with Crippen molar-refractivity contribution >= 4 is 36.7 Å². The van der Waals surface area contributed by atoms with Crippen LogP contribution in [0.2, 0.25) is 0 Å². The van der Waals surface area contributed by atoms with E-state index < -0.39 is 5.31 Å². The van der Waals surface area contributed by atoms with E-state index >= 15 is 0 Å². The van der Waals surface area contributed by atoms with Gasteiger partial charge in [-0.3, -0.25) is 0 Å². The van der Waals surface area contributed by atoms with E-state index in [2.05, 4.69) is 133 Å². The summed E-state index contributed by atoms with van der Waals surface area (Å²) in [5.41, 5.74) is 5.09. The Labute approximate surface area is 200 Å². The fourth-order valence-corrected chi connectivity index (χ4v) is 12.4. The van der Waals surface area contributed by atoms with Crippen LogP contribution in [-0.4, -0.2) is 7.11 Å². The fraction of sp³-hybridized carbons (Fsp3) is 0.172. The van der Waals surface area contributed by atoms with Gasteiger partial charge in [-0.15, -0.1) is 0 Å². The molecule has 0 N–H and O–H groups in total. The normalized spacial score (nSPS) is 12.7. The van der Waals surface area contributed by atoms with E-state index in [9.17, 15) is 0 Å². The van der Waals surface area contributed by atoms with Gasteiger partial charge in [-0.05, 0) is 0 Å². The van der Waals surface area contributed by atoms with Crippen LogP contribution in [0.5, 0.6) is 5.75 Å². The maximum absolute atomic E-state index is 5.42. The first kappa shape index (κ1) is 22.8. The summed E-state index contributed by atoms with van der Waals surface area (Å²) in [4.78, 5) is 0. The van der Waals surface area contributed by atoms with Crippen LogP contribution >= 0.6 is 20.8 Å². The first-order chi connectivity index (χ1) is 15.3. The van der Waals surface area contributed by atoms with Crippen molar-refractivity contribution in [2.24, 2.45) is 0 Å². The minimum absolute atomic E-state index is 0.880. The molecule has 0 radical (unpaired) electrons. The predicted octanol–water partition coefficient (Wildman–Crippen LogP) is 6.96. The summed E-state index contributed by atoms with van der Waals surface area (Å²) < 4.78 is 5.42. The van der Waals surface area contributed by atoms with E-state index in [-0.39, 0.29) is 0 Å². The van der Waals surface area contributed by atoms with Crippen LogP contribution in [0.15, 0.2) is 97.1 Å². The van der Waals surface area contributed by atoms with Gasteiger partial charge in [-0.25, -0.2) is 0 Å². The molecule has 0 saturated heterocycles. The maximum atomic E-state index is 5.42. The van der Waals surface area contributed by atoms with Crippen LogP contribution in [0.4, 0.5) is 0 Å². The van der Waals surface area contributed by atoms with Gasteiger partial charge in [0.05, 0.1) is 0 Å². The zero-order chi connectivity index (χ0) is 22.8. The predicted molar refractivity (Wildman–Crippen MR) is 145 cm³/mol. The van der Waals surface area contributed by atoms with E-state index in [1.807, 2.05) is 0 Å². The molecule has 0 heterocycles. The Kier molecular flexibility index (Phi) is 6.30. The van der Waals surface area contributed by atoms with Crippen molar-refractivity contribution in [3.63, 3.8) is 0 Å². The van der Waals surface area contributed by atoms with Gasteiger partial charge in [0.15, 0.2) is 0 Å². The summed E-state index contributed by atoms with van der Waals surface area (Å²) in [5.74, 6) is 0.880. The SMILES string of the molecule is COc1ccc(CP(Br)(c2cccc(C)c2)(c2cccc(C)c2)c2cccc(C)c2)cc1. The fourth-order valence-electron chi connectivity index (χ4n) is 4.55. The monoisotopic (exact) mass is 504 g/mol. The minimum atomic E-state index is -3.04. The molecule has 0 aromatic heterocycles. The van der Waals surface area contributed by atoms with Gasteiger partial charge in [-0.1, -0.05) is 0 Å². The Morgan fingerprint density at radius 3 is 1.38 bits per heavy atom. The van der Waals surface area contributed by atoms with Gasteiger partial charge < -0.3 is 0 Å². The molecular formula is C29H30BrOP. The molecule has 4 aromatic rings. The summed E-state index contributed by atoms with van der Waals surface area (Å²) in [6.45, 7) is 6.53. The molecule has 0 bridgehead atoms. The van der Waals surface area contributed by atoms with Gasteiger partial charge in [0.1, 0.15) is 0 Å². The van der Waals surface area contributed by atoms with Crippen LogP contribution in [0.25, 0.3) is 0 Å². The molecule has 0 fully saturated rings. The molecule has 0 aliphatic rings. The van der Waals surface area contributed by atoms with E-state index in [4.69, 9.17) is 4.74 Å². The Balaban J connectivity index is 2.10. The van der Waals surface area contributed by atoms with E-state index in [0.29, 0.717) is 0 Å². The van der Waals surface area contributed by atoms with Crippen molar-refractivity contribution in [3.8, 4) is 5.75 Å². The van der Waals surface area contributed by atoms with Crippen molar-refractivity contribution in [1.29, 1.82) is 0 Å². The molecule has 3 heteroatoms. The van der Waals surface area contributed by atoms with Crippen molar-refractivity contribution in [1.82, 2.24) is 0 Å². The zero-order valence-electron chi connectivity index (χ0n) is 19.2. The first-order valence-electron chi connectivity index (χ1n) is 10.9. The third kappa shape index (κ3) is 4.03. The Hall–Kier alpha value is -2.41. The molecular weight excluding hydrogens is 475 g/mol. The molecule has 0 unspecified atom stereocenters. The zero-order valence-corrected chi connectivity index (χ0v) is 21.7. The van der Waals surface area contributed by atoms with E-state index in [0.717, 1.165) is 11.9 Å². The van der Waals surface area contributed by atoms with Gasteiger partial charge >= 0.3 is 201 Å². The van der Waals surface area contributed by atoms with Gasteiger partial charge in [-0.2, -0.15) is 0 Å². The molecule has 0 saturated carbocycles. The van der Waals surface area contributed by atoms with Crippen LogP contribution in [0.1, 0.15) is 22.3 Å². The van der Waals surface area contributed by atoms with Crippen LogP contribution in [0.3, 0.4) is 0 Å². The van der Waals surface area contributed by atoms with Crippen LogP contribution in [0, 0.1) is 20.8 Å². The Bertz CT molecular complexity index is 1130. The molecule has 4 aromatic carbocycles. The summed E-state index contributed by atoms with van der Waals surface area (Å²) in [6.07, 6.45) is 0.881. The van der Waals surface area contributed by atoms with Gasteiger partial charge in [0.25, 0.3) is 0 Å². The molecule has 164 valence electrons. The quantitative estimate of drug-likeness (QED) is 0.258. The summed E-state index contributed by atoms with van der Waals surface area (Å²) in [7, 11) is 1.71. The molecule has 4 rings (SSSR count). The van der Waals surface area contributed by atoms with Crippen molar-refractivity contribution < 1.29 is 4.74 Å². The number of methoxy groups -OCH3 is 1. The molecule has 0 aliphatic heterocycles. The van der Waals surface area contributed by atoms with Crippen molar-refractivity contribution in [2.45, 2.75) is 26.9 Å². The average Bonchev–Trinajstić information content (AvgIpc) is 2.80. The van der Waals surface area contributed by atoms with Crippen LogP contribution in [-0.2, 0) is 6.16 Å². The number of benzene rings is 4. The molecule has 0 spiro atoms. The Morgan fingerprint density at radius 1 is 0.625 bits per heavy atom. The number of rotatable bonds is 6. The Morgan fingerprint density at radius 2 is 1.03 bits per heavy atom. The van der Waals surface area contributed by atoms with Gasteiger partial charge in [0, 0.05) is 0 Å². The second-order valence-electron chi connectivity index (χ2n) is 8.71. The van der Waals surface area contributed by atoms with E-state index in [1.54, 1.807) is 7.11 Å². The third-order valence-electron chi connectivity index (χ3n) is 6.26. The second-order valence-corrected chi connectivity index (χ2v) is 17.6. The number of ether oxygens (including phenoxy) is 1. The first-order valence-corrected chi connectivity index (χ1v) is 15.3. The second kappa shape index (κ2) is 8.85. The standard InChI is InChI=1S/C29H30BrOP/c1-22-8-5-11-27(18-22)32(30,28-12-6-9-23(2)19-28,29-13-7-10-24(3)20-29)21-25-14-16-26(31-4)17-15-25/h5-20H,21H2,1-4H3. The molecule has 0 aliphatic carbocycles. The van der Waals surface area contributed by atoms with Gasteiger partial charge in [0.2, 0.25) is 0 Å².